The molecule has 1 fully saturated rings. The van der Waals surface area contributed by atoms with Gasteiger partial charge in [0.2, 0.25) is 0 Å². The molecule has 10 aromatic carbocycles. The molecule has 0 atom stereocenters. The minimum absolute atomic E-state index is 0.0440. The lowest BCUT2D eigenvalue weighted by atomic mass is 9.68. The Labute approximate surface area is 400 Å². The van der Waals surface area contributed by atoms with E-state index >= 15 is 0 Å². The molecule has 0 radical (unpaired) electrons. The molecule has 0 amide bonds. The second-order valence-corrected chi connectivity index (χ2v) is 20.3. The van der Waals surface area contributed by atoms with Crippen LogP contribution in [0.25, 0.3) is 88.7 Å². The first kappa shape index (κ1) is 39.4. The van der Waals surface area contributed by atoms with Crippen LogP contribution in [-0.4, -0.2) is 0 Å². The molecular weight excluding hydrogens is 819 g/mol. The monoisotopic (exact) mass is 869 g/mol. The molecule has 0 aromatic heterocycles. The Morgan fingerprint density at radius 2 is 0.824 bits per heavy atom. The molecule has 0 saturated heterocycles. The highest BCUT2D eigenvalue weighted by Crippen LogP contribution is 2.59. The van der Waals surface area contributed by atoms with Gasteiger partial charge in [0.05, 0.1) is 5.69 Å². The van der Waals surface area contributed by atoms with Crippen molar-refractivity contribution >= 4 is 27.8 Å². The van der Waals surface area contributed by atoms with Gasteiger partial charge in [-0.1, -0.05) is 209 Å². The van der Waals surface area contributed by atoms with Crippen LogP contribution in [0.5, 0.6) is 0 Å². The number of hydrogen-bond donors (Lipinski definition) is 0. The lowest BCUT2D eigenvalue weighted by Gasteiger charge is -2.36. The van der Waals surface area contributed by atoms with Crippen LogP contribution in [0.15, 0.2) is 212 Å². The highest BCUT2D eigenvalue weighted by molar-refractivity contribution is 6.18. The molecule has 0 unspecified atom stereocenters. The SMILES string of the molecule is CC1(C)c2ccccc2-c2ccc(-c3ccc(N(c4ccc(-c5ccc(-c6ccc7c8c(cccc68)-c6ccccc6-7)cc5)cc4)c4cccc5c4-c4ccccc4C54CCCCC4)cc3)cc21. The van der Waals surface area contributed by atoms with Crippen molar-refractivity contribution in [1.82, 2.24) is 0 Å². The fourth-order valence-electron chi connectivity index (χ4n) is 13.2. The maximum atomic E-state index is 2.52. The van der Waals surface area contributed by atoms with E-state index in [9.17, 15) is 0 Å². The summed E-state index contributed by atoms with van der Waals surface area (Å²) < 4.78 is 0. The number of rotatable bonds is 6. The van der Waals surface area contributed by atoms with Crippen LogP contribution in [0.4, 0.5) is 17.1 Å². The average molecular weight is 870 g/mol. The molecule has 4 aliphatic carbocycles. The molecule has 1 nitrogen and oxygen atoms in total. The van der Waals surface area contributed by atoms with Crippen LogP contribution in [0.2, 0.25) is 0 Å². The van der Waals surface area contributed by atoms with Gasteiger partial charge in [-0.15, -0.1) is 0 Å². The molecule has 4 aliphatic rings. The molecule has 14 rings (SSSR count). The predicted molar refractivity (Wildman–Crippen MR) is 286 cm³/mol. The van der Waals surface area contributed by atoms with Gasteiger partial charge in [0.25, 0.3) is 0 Å². The van der Waals surface area contributed by atoms with Gasteiger partial charge in [-0.2, -0.15) is 0 Å². The number of benzene rings is 10. The number of nitrogens with zero attached hydrogens (tertiary/aromatic N) is 1. The molecule has 0 aliphatic heterocycles. The number of anilines is 3. The van der Waals surface area contributed by atoms with E-state index < -0.39 is 0 Å². The van der Waals surface area contributed by atoms with Crippen LogP contribution in [0.1, 0.15) is 68.2 Å². The Balaban J connectivity index is 0.845. The van der Waals surface area contributed by atoms with Gasteiger partial charge in [-0.25, -0.2) is 0 Å². The summed E-state index contributed by atoms with van der Waals surface area (Å²) in [5.74, 6) is 0. The van der Waals surface area contributed by atoms with Crippen LogP contribution in [0.3, 0.4) is 0 Å². The summed E-state index contributed by atoms with van der Waals surface area (Å²) in [6.45, 7) is 4.73. The van der Waals surface area contributed by atoms with Crippen LogP contribution < -0.4 is 4.90 Å². The van der Waals surface area contributed by atoms with E-state index in [1.54, 1.807) is 0 Å². The highest BCUT2D eigenvalue weighted by Gasteiger charge is 2.45. The average Bonchev–Trinajstić information content (AvgIpc) is 3.96. The largest absolute Gasteiger partial charge is 0.310 e. The van der Waals surface area contributed by atoms with E-state index in [1.807, 2.05) is 0 Å². The fourth-order valence-corrected chi connectivity index (χ4v) is 13.2. The first-order valence-corrected chi connectivity index (χ1v) is 24.7. The number of fused-ring (bicyclic) bond motifs is 11. The highest BCUT2D eigenvalue weighted by atomic mass is 15.1. The Hall–Kier alpha value is -7.74. The van der Waals surface area contributed by atoms with E-state index in [1.165, 1.54) is 149 Å². The lowest BCUT2D eigenvalue weighted by molar-refractivity contribution is 0.353. The van der Waals surface area contributed by atoms with Gasteiger partial charge in [0, 0.05) is 27.8 Å². The van der Waals surface area contributed by atoms with Gasteiger partial charge in [-0.3, -0.25) is 0 Å². The Kier molecular flexibility index (Phi) is 8.63. The summed E-state index contributed by atoms with van der Waals surface area (Å²) in [6.07, 6.45) is 6.29. The topological polar surface area (TPSA) is 3.24 Å². The fraction of sp³-hybridized carbons (Fsp3) is 0.134. The maximum absolute atomic E-state index is 2.52. The summed E-state index contributed by atoms with van der Waals surface area (Å²) in [6, 6.07) is 80.4. The predicted octanol–water partition coefficient (Wildman–Crippen LogP) is 18.5. The van der Waals surface area contributed by atoms with Crippen LogP contribution in [0, 0.1) is 0 Å². The molecule has 0 bridgehead atoms. The van der Waals surface area contributed by atoms with E-state index in [0.29, 0.717) is 0 Å². The summed E-state index contributed by atoms with van der Waals surface area (Å²) >= 11 is 0. The third-order valence-electron chi connectivity index (χ3n) is 16.5. The Morgan fingerprint density at radius 3 is 1.53 bits per heavy atom. The van der Waals surface area contributed by atoms with Gasteiger partial charge < -0.3 is 4.90 Å². The van der Waals surface area contributed by atoms with E-state index in [2.05, 4.69) is 231 Å². The zero-order chi connectivity index (χ0) is 45.1. The first-order chi connectivity index (χ1) is 33.5. The van der Waals surface area contributed by atoms with E-state index in [-0.39, 0.29) is 10.8 Å². The lowest BCUT2D eigenvalue weighted by Crippen LogP contribution is -2.28. The summed E-state index contributed by atoms with van der Waals surface area (Å²) in [4.78, 5) is 2.52. The van der Waals surface area contributed by atoms with Gasteiger partial charge in [0.15, 0.2) is 0 Å². The smallest absolute Gasteiger partial charge is 0.0543 e. The van der Waals surface area contributed by atoms with Crippen molar-refractivity contribution in [2.24, 2.45) is 0 Å². The minimum Gasteiger partial charge on any atom is -0.310 e. The van der Waals surface area contributed by atoms with Gasteiger partial charge in [-0.05, 0) is 155 Å². The molecule has 68 heavy (non-hydrogen) atoms. The molecule has 0 N–H and O–H groups in total. The van der Waals surface area contributed by atoms with Crippen molar-refractivity contribution < 1.29 is 0 Å². The van der Waals surface area contributed by atoms with Crippen molar-refractivity contribution in [2.75, 3.05) is 4.90 Å². The first-order valence-electron chi connectivity index (χ1n) is 24.7. The number of hydrogen-bond acceptors (Lipinski definition) is 1. The summed E-state index contributed by atoms with van der Waals surface area (Å²) in [5, 5.41) is 2.68. The standard InChI is InChI=1S/C67H51N/c1-66(2)59-20-8-6-16-53(59)54-37-32-47(42-62(54)66)45-30-35-49(36-31-45)68(63-23-13-22-61-65(63)58-17-7-9-21-60(58)67(61)40-10-3-11-41-67)48-33-28-44(29-34-48)43-24-26-46(27-25-43)50-38-39-57-52-15-5-4-14-51(52)56-19-12-18-55(50)64(56)57/h4-9,12-39,42H,3,10-11,40-41H2,1-2H3. The zero-order valence-corrected chi connectivity index (χ0v) is 38.7. The normalized spacial score (nSPS) is 15.1. The second kappa shape index (κ2) is 14.9. The van der Waals surface area contributed by atoms with Crippen LogP contribution >= 0.6 is 0 Å². The van der Waals surface area contributed by atoms with E-state index in [0.717, 1.165) is 11.4 Å². The molecule has 1 spiro atoms. The summed E-state index contributed by atoms with van der Waals surface area (Å²) in [5.41, 5.74) is 27.7. The third kappa shape index (κ3) is 5.69. The summed E-state index contributed by atoms with van der Waals surface area (Å²) in [7, 11) is 0. The Morgan fingerprint density at radius 1 is 0.338 bits per heavy atom. The Bertz CT molecular complexity index is 3630. The van der Waals surface area contributed by atoms with Crippen molar-refractivity contribution in [2.45, 2.75) is 56.8 Å². The third-order valence-corrected chi connectivity index (χ3v) is 16.5. The van der Waals surface area contributed by atoms with Crippen molar-refractivity contribution in [3.8, 4) is 77.9 Å². The van der Waals surface area contributed by atoms with Gasteiger partial charge in [0.1, 0.15) is 0 Å². The maximum Gasteiger partial charge on any atom is 0.0543 e. The second-order valence-electron chi connectivity index (χ2n) is 20.3. The van der Waals surface area contributed by atoms with Gasteiger partial charge >= 0.3 is 0 Å². The molecular formula is C67H51N. The van der Waals surface area contributed by atoms with Crippen LogP contribution in [-0.2, 0) is 10.8 Å². The molecule has 1 heteroatoms. The molecule has 1 saturated carbocycles. The zero-order valence-electron chi connectivity index (χ0n) is 38.7. The molecule has 10 aromatic rings. The van der Waals surface area contributed by atoms with Crippen molar-refractivity contribution in [1.29, 1.82) is 0 Å². The molecule has 0 heterocycles. The van der Waals surface area contributed by atoms with E-state index in [4.69, 9.17) is 0 Å². The van der Waals surface area contributed by atoms with Crippen molar-refractivity contribution in [3.05, 3.63) is 235 Å². The van der Waals surface area contributed by atoms with Crippen molar-refractivity contribution in [3.63, 3.8) is 0 Å². The quantitative estimate of drug-likeness (QED) is 0.161. The molecule has 324 valence electrons. The minimum atomic E-state index is -0.0440.